The lowest BCUT2D eigenvalue weighted by atomic mass is 9.96. The molecule has 1 N–H and O–H groups in total. The summed E-state index contributed by atoms with van der Waals surface area (Å²) in [6.45, 7) is 10.5. The lowest BCUT2D eigenvalue weighted by Gasteiger charge is -2.27. The predicted octanol–water partition coefficient (Wildman–Crippen LogP) is 2.02. The van der Waals surface area contributed by atoms with Gasteiger partial charge in [-0.15, -0.1) is 0 Å². The summed E-state index contributed by atoms with van der Waals surface area (Å²) < 4.78 is 5.21. The predicted molar refractivity (Wildman–Crippen MR) is 77.9 cm³/mol. The number of nitrogens with zero attached hydrogens (tertiary/aromatic N) is 2. The van der Waals surface area contributed by atoms with Crippen molar-refractivity contribution in [1.29, 1.82) is 5.26 Å². The van der Waals surface area contributed by atoms with Crippen LogP contribution in [0.2, 0.25) is 0 Å². The molecule has 1 heterocycles. The molecule has 4 nitrogen and oxygen atoms in total. The molecule has 0 amide bonds. The van der Waals surface area contributed by atoms with Gasteiger partial charge in [0.2, 0.25) is 0 Å². The van der Waals surface area contributed by atoms with Gasteiger partial charge in [-0.25, -0.2) is 0 Å². The van der Waals surface area contributed by atoms with Crippen LogP contribution in [0.1, 0.15) is 40.0 Å². The molecule has 1 fully saturated rings. The molecule has 0 bridgehead atoms. The van der Waals surface area contributed by atoms with Gasteiger partial charge in [-0.2, -0.15) is 5.26 Å². The Kier molecular flexibility index (Phi) is 6.78. The molecule has 0 aromatic rings. The average Bonchev–Trinajstić information content (AvgIpc) is 2.76. The monoisotopic (exact) mass is 267 g/mol. The van der Waals surface area contributed by atoms with E-state index in [-0.39, 0.29) is 5.54 Å². The molecule has 19 heavy (non-hydrogen) atoms. The second kappa shape index (κ2) is 7.84. The Bertz CT molecular complexity index is 300. The second-order valence-corrected chi connectivity index (χ2v) is 6.26. The Morgan fingerprint density at radius 1 is 1.53 bits per heavy atom. The summed E-state index contributed by atoms with van der Waals surface area (Å²) in [5.41, 5.74) is -0.389. The van der Waals surface area contributed by atoms with Crippen LogP contribution in [-0.2, 0) is 4.74 Å². The van der Waals surface area contributed by atoms with Crippen molar-refractivity contribution in [3.05, 3.63) is 0 Å². The van der Waals surface area contributed by atoms with Crippen molar-refractivity contribution in [3.63, 3.8) is 0 Å². The fraction of sp³-hybridized carbons (Fsp3) is 0.933. The van der Waals surface area contributed by atoms with Crippen molar-refractivity contribution >= 4 is 0 Å². The number of nitriles is 1. The number of hydrogen-bond donors (Lipinski definition) is 1. The van der Waals surface area contributed by atoms with E-state index in [4.69, 9.17) is 4.74 Å². The number of ether oxygens (including phenoxy) is 1. The summed E-state index contributed by atoms with van der Waals surface area (Å²) in [6.07, 6.45) is 3.23. The first-order valence-corrected chi connectivity index (χ1v) is 7.39. The zero-order valence-electron chi connectivity index (χ0n) is 12.9. The quantitative estimate of drug-likeness (QED) is 0.731. The number of nitrogens with one attached hydrogen (secondary N) is 1. The smallest absolute Gasteiger partial charge is 0.104 e. The third-order valence-corrected chi connectivity index (χ3v) is 3.78. The molecule has 0 aromatic heterocycles. The molecular weight excluding hydrogens is 238 g/mol. The molecule has 2 unspecified atom stereocenters. The van der Waals surface area contributed by atoms with Crippen molar-refractivity contribution in [2.24, 2.45) is 5.92 Å². The number of likely N-dealkylation sites (tertiary alicyclic amines) is 1. The van der Waals surface area contributed by atoms with Gasteiger partial charge in [-0.1, -0.05) is 0 Å². The third kappa shape index (κ3) is 5.90. The minimum Gasteiger partial charge on any atom is -0.384 e. The Morgan fingerprint density at radius 3 is 2.84 bits per heavy atom. The van der Waals surface area contributed by atoms with E-state index in [2.05, 4.69) is 30.1 Å². The summed E-state index contributed by atoms with van der Waals surface area (Å²) in [5, 5.41) is 12.7. The summed E-state index contributed by atoms with van der Waals surface area (Å²) in [5.74, 6) is 0.695. The van der Waals surface area contributed by atoms with Gasteiger partial charge in [-0.3, -0.25) is 5.32 Å². The lowest BCUT2D eigenvalue weighted by molar-refractivity contribution is 0.153. The van der Waals surface area contributed by atoms with Gasteiger partial charge in [0.25, 0.3) is 0 Å². The molecule has 0 aliphatic carbocycles. The van der Waals surface area contributed by atoms with Gasteiger partial charge in [-0.05, 0) is 59.0 Å². The van der Waals surface area contributed by atoms with Gasteiger partial charge in [0.15, 0.2) is 0 Å². The fourth-order valence-electron chi connectivity index (χ4n) is 2.94. The maximum Gasteiger partial charge on any atom is 0.104 e. The normalized spacial score (nSPS) is 23.5. The SMILES string of the molecule is COCC1CCN(CCCC(C)(C#N)NC(C)C)C1. The average molecular weight is 267 g/mol. The fourth-order valence-corrected chi connectivity index (χ4v) is 2.94. The molecule has 4 heteroatoms. The molecule has 0 spiro atoms. The van der Waals surface area contributed by atoms with E-state index in [1.807, 2.05) is 6.92 Å². The number of rotatable bonds is 8. The van der Waals surface area contributed by atoms with Gasteiger partial charge in [0.05, 0.1) is 12.7 Å². The Hall–Kier alpha value is -0.630. The van der Waals surface area contributed by atoms with Crippen LogP contribution in [0.5, 0.6) is 0 Å². The first-order valence-electron chi connectivity index (χ1n) is 7.39. The maximum atomic E-state index is 9.30. The molecule has 0 radical (unpaired) electrons. The van der Waals surface area contributed by atoms with E-state index >= 15 is 0 Å². The van der Waals surface area contributed by atoms with Crippen molar-refractivity contribution < 1.29 is 4.74 Å². The highest BCUT2D eigenvalue weighted by Crippen LogP contribution is 2.18. The standard InChI is InChI=1S/C15H29N3O/c1-13(2)17-15(3,12-16)7-5-8-18-9-6-14(10-18)11-19-4/h13-14,17H,5-11H2,1-4H3. The minimum atomic E-state index is -0.389. The molecule has 2 atom stereocenters. The first-order chi connectivity index (χ1) is 8.99. The lowest BCUT2D eigenvalue weighted by Crippen LogP contribution is -2.45. The van der Waals surface area contributed by atoms with Gasteiger partial charge >= 0.3 is 0 Å². The summed E-state index contributed by atoms with van der Waals surface area (Å²) in [4.78, 5) is 2.50. The number of hydrogen-bond acceptors (Lipinski definition) is 4. The summed E-state index contributed by atoms with van der Waals surface area (Å²) >= 11 is 0. The zero-order chi connectivity index (χ0) is 14.3. The van der Waals surface area contributed by atoms with E-state index in [1.165, 1.54) is 13.0 Å². The van der Waals surface area contributed by atoms with E-state index in [0.29, 0.717) is 12.0 Å². The van der Waals surface area contributed by atoms with Crippen molar-refractivity contribution in [3.8, 4) is 6.07 Å². The summed E-state index contributed by atoms with van der Waals surface area (Å²) in [6, 6.07) is 2.76. The van der Waals surface area contributed by atoms with Crippen LogP contribution in [0.15, 0.2) is 0 Å². The van der Waals surface area contributed by atoms with Crippen molar-refractivity contribution in [2.45, 2.75) is 51.6 Å². The molecule has 1 saturated heterocycles. The Morgan fingerprint density at radius 2 is 2.26 bits per heavy atom. The van der Waals surface area contributed by atoms with Crippen LogP contribution in [0.25, 0.3) is 0 Å². The van der Waals surface area contributed by atoms with E-state index < -0.39 is 0 Å². The van der Waals surface area contributed by atoms with Crippen LogP contribution in [0, 0.1) is 17.2 Å². The Labute approximate surface area is 118 Å². The highest BCUT2D eigenvalue weighted by Gasteiger charge is 2.26. The van der Waals surface area contributed by atoms with Gasteiger partial charge in [0.1, 0.15) is 5.54 Å². The van der Waals surface area contributed by atoms with Crippen LogP contribution < -0.4 is 5.32 Å². The van der Waals surface area contributed by atoms with Crippen LogP contribution in [-0.4, -0.2) is 49.8 Å². The Balaban J connectivity index is 2.25. The minimum absolute atomic E-state index is 0.350. The molecule has 110 valence electrons. The maximum absolute atomic E-state index is 9.30. The van der Waals surface area contributed by atoms with Crippen LogP contribution >= 0.6 is 0 Å². The van der Waals surface area contributed by atoms with Crippen molar-refractivity contribution in [1.82, 2.24) is 10.2 Å². The molecule has 1 aliphatic heterocycles. The van der Waals surface area contributed by atoms with Crippen LogP contribution in [0.4, 0.5) is 0 Å². The highest BCUT2D eigenvalue weighted by atomic mass is 16.5. The first kappa shape index (κ1) is 16.4. The molecular formula is C15H29N3O. The van der Waals surface area contributed by atoms with Gasteiger partial charge < -0.3 is 9.64 Å². The molecule has 1 aliphatic rings. The summed E-state index contributed by atoms with van der Waals surface area (Å²) in [7, 11) is 1.78. The van der Waals surface area contributed by atoms with Crippen LogP contribution in [0.3, 0.4) is 0 Å². The third-order valence-electron chi connectivity index (χ3n) is 3.78. The molecule has 0 aromatic carbocycles. The van der Waals surface area contributed by atoms with E-state index in [9.17, 15) is 5.26 Å². The largest absolute Gasteiger partial charge is 0.384 e. The van der Waals surface area contributed by atoms with Crippen molar-refractivity contribution in [2.75, 3.05) is 33.4 Å². The van der Waals surface area contributed by atoms with E-state index in [1.54, 1.807) is 7.11 Å². The molecule has 0 saturated carbocycles. The number of methoxy groups -OCH3 is 1. The van der Waals surface area contributed by atoms with Gasteiger partial charge in [0, 0.05) is 19.7 Å². The zero-order valence-corrected chi connectivity index (χ0v) is 12.9. The highest BCUT2D eigenvalue weighted by molar-refractivity contribution is 5.04. The topological polar surface area (TPSA) is 48.3 Å². The van der Waals surface area contributed by atoms with E-state index in [0.717, 1.165) is 32.5 Å². The molecule has 1 rings (SSSR count). The second-order valence-electron chi connectivity index (χ2n) is 6.26.